The van der Waals surface area contributed by atoms with Gasteiger partial charge in [-0.2, -0.15) is 0 Å². The molecular formula is C20H20ClF2NO3S. The lowest BCUT2D eigenvalue weighted by atomic mass is 9.93. The Morgan fingerprint density at radius 3 is 2.46 bits per heavy atom. The van der Waals surface area contributed by atoms with Crippen LogP contribution in [0, 0.1) is 12.7 Å². The van der Waals surface area contributed by atoms with E-state index in [9.17, 15) is 17.6 Å². The molecular weight excluding hydrogens is 408 g/mol. The summed E-state index contributed by atoms with van der Waals surface area (Å²) < 4.78 is 54.3. The number of carbonyl (C=O) groups excluding carboxylic acids is 1. The molecule has 0 saturated heterocycles. The molecule has 28 heavy (non-hydrogen) atoms. The van der Waals surface area contributed by atoms with Crippen LogP contribution in [0.5, 0.6) is 0 Å². The number of rotatable bonds is 4. The number of halogens is 3. The average Bonchev–Trinajstić information content (AvgIpc) is 2.62. The van der Waals surface area contributed by atoms with Gasteiger partial charge in [-0.3, -0.25) is 4.79 Å². The van der Waals surface area contributed by atoms with E-state index in [0.717, 1.165) is 17.7 Å². The van der Waals surface area contributed by atoms with Crippen molar-refractivity contribution in [2.75, 3.05) is 0 Å². The summed E-state index contributed by atoms with van der Waals surface area (Å²) in [5.74, 6) is -1.16. The summed E-state index contributed by atoms with van der Waals surface area (Å²) in [6.07, 6.45) is -0.122. The standard InChI is InChI=1S/C20H20ClF2NO3S/c1-13-3-2-4-18(9-13)28(26,27)20(23)7-5-17(6-8-20)24-19(25)14-10-15(21)12-16(22)11-14/h2-4,9-12,17H,5-8H2,1H3,(H,24,25)/t17-,20-. The van der Waals surface area contributed by atoms with Crippen molar-refractivity contribution in [1.29, 1.82) is 0 Å². The predicted octanol–water partition coefficient (Wildman–Crippen LogP) is 4.60. The zero-order valence-corrected chi connectivity index (χ0v) is 16.8. The fourth-order valence-corrected chi connectivity index (χ4v) is 5.43. The minimum Gasteiger partial charge on any atom is -0.349 e. The van der Waals surface area contributed by atoms with Gasteiger partial charge in [-0.05, 0) is 68.5 Å². The van der Waals surface area contributed by atoms with Crippen LogP contribution in [0.25, 0.3) is 0 Å². The average molecular weight is 428 g/mol. The van der Waals surface area contributed by atoms with Gasteiger partial charge in [0.1, 0.15) is 5.82 Å². The number of alkyl halides is 1. The molecule has 8 heteroatoms. The Hall–Kier alpha value is -1.99. The Morgan fingerprint density at radius 1 is 1.18 bits per heavy atom. The van der Waals surface area contributed by atoms with Crippen molar-refractivity contribution in [3.8, 4) is 0 Å². The van der Waals surface area contributed by atoms with Gasteiger partial charge in [0.25, 0.3) is 5.91 Å². The van der Waals surface area contributed by atoms with Crippen LogP contribution < -0.4 is 5.32 Å². The third-order valence-electron chi connectivity index (χ3n) is 4.97. The first-order chi connectivity index (χ1) is 13.1. The van der Waals surface area contributed by atoms with Crippen molar-refractivity contribution in [3.63, 3.8) is 0 Å². The highest BCUT2D eigenvalue weighted by molar-refractivity contribution is 7.92. The van der Waals surface area contributed by atoms with Gasteiger partial charge < -0.3 is 5.32 Å². The Morgan fingerprint density at radius 2 is 1.86 bits per heavy atom. The van der Waals surface area contributed by atoms with Crippen LogP contribution >= 0.6 is 11.6 Å². The van der Waals surface area contributed by atoms with Gasteiger partial charge in [-0.15, -0.1) is 0 Å². The first-order valence-electron chi connectivity index (χ1n) is 8.88. The molecule has 0 spiro atoms. The van der Waals surface area contributed by atoms with E-state index in [0.29, 0.717) is 0 Å². The second kappa shape index (κ2) is 7.79. The minimum atomic E-state index is -4.15. The van der Waals surface area contributed by atoms with Crippen molar-refractivity contribution in [1.82, 2.24) is 5.32 Å². The summed E-state index contributed by atoms with van der Waals surface area (Å²) >= 11 is 5.76. The molecule has 0 heterocycles. The third kappa shape index (κ3) is 4.20. The SMILES string of the molecule is Cc1cccc(S(=O)(=O)[C@]2(F)CC[C@@H](NC(=O)c3cc(F)cc(Cl)c3)CC2)c1. The van der Waals surface area contributed by atoms with Gasteiger partial charge in [-0.25, -0.2) is 17.2 Å². The first kappa shape index (κ1) is 20.7. The monoisotopic (exact) mass is 427 g/mol. The van der Waals surface area contributed by atoms with Gasteiger partial charge in [0.05, 0.1) is 4.90 Å². The second-order valence-electron chi connectivity index (χ2n) is 7.11. The van der Waals surface area contributed by atoms with Gasteiger partial charge in [0, 0.05) is 16.6 Å². The molecule has 2 aromatic rings. The van der Waals surface area contributed by atoms with Crippen LogP contribution in [0.4, 0.5) is 8.78 Å². The molecule has 1 aliphatic carbocycles. The quantitative estimate of drug-likeness (QED) is 0.775. The Bertz CT molecular complexity index is 982. The molecule has 3 rings (SSSR count). The van der Waals surface area contributed by atoms with E-state index in [1.165, 1.54) is 18.2 Å². The smallest absolute Gasteiger partial charge is 0.251 e. The van der Waals surface area contributed by atoms with E-state index < -0.39 is 32.6 Å². The number of sulfone groups is 1. The molecule has 0 radical (unpaired) electrons. The Kier molecular flexibility index (Phi) is 5.77. The van der Waals surface area contributed by atoms with E-state index >= 15 is 4.39 Å². The lowest BCUT2D eigenvalue weighted by molar-refractivity contribution is 0.0905. The number of amides is 1. The van der Waals surface area contributed by atoms with Crippen LogP contribution in [0.3, 0.4) is 0 Å². The highest BCUT2D eigenvalue weighted by Gasteiger charge is 2.47. The van der Waals surface area contributed by atoms with Crippen molar-refractivity contribution >= 4 is 27.3 Å². The molecule has 0 bridgehead atoms. The Balaban J connectivity index is 1.69. The molecule has 150 valence electrons. The molecule has 2 aromatic carbocycles. The molecule has 0 atom stereocenters. The lowest BCUT2D eigenvalue weighted by Crippen LogP contribution is -2.45. The summed E-state index contributed by atoms with van der Waals surface area (Å²) in [4.78, 5) is 12.3. The number of carbonyl (C=O) groups is 1. The van der Waals surface area contributed by atoms with Crippen molar-refractivity contribution in [3.05, 3.63) is 64.4 Å². The van der Waals surface area contributed by atoms with Crippen molar-refractivity contribution in [2.45, 2.75) is 48.5 Å². The lowest BCUT2D eigenvalue weighted by Gasteiger charge is -2.33. The number of hydrogen-bond acceptors (Lipinski definition) is 3. The minimum absolute atomic E-state index is 0.0353. The fraction of sp³-hybridized carbons (Fsp3) is 0.350. The van der Waals surface area contributed by atoms with E-state index in [2.05, 4.69) is 5.32 Å². The summed E-state index contributed by atoms with van der Waals surface area (Å²) in [6, 6.07) is 9.27. The summed E-state index contributed by atoms with van der Waals surface area (Å²) in [7, 11) is -4.15. The molecule has 4 nitrogen and oxygen atoms in total. The van der Waals surface area contributed by atoms with E-state index in [-0.39, 0.29) is 41.2 Å². The normalized spacial score (nSPS) is 22.6. The zero-order valence-electron chi connectivity index (χ0n) is 15.2. The maximum atomic E-state index is 15.3. The topological polar surface area (TPSA) is 63.2 Å². The van der Waals surface area contributed by atoms with Gasteiger partial charge in [0.15, 0.2) is 0 Å². The maximum Gasteiger partial charge on any atom is 0.251 e. The van der Waals surface area contributed by atoms with Crippen LogP contribution in [-0.4, -0.2) is 25.4 Å². The van der Waals surface area contributed by atoms with Crippen LogP contribution in [0.1, 0.15) is 41.6 Å². The first-order valence-corrected chi connectivity index (χ1v) is 10.7. The van der Waals surface area contributed by atoms with Gasteiger partial charge in [0.2, 0.25) is 14.8 Å². The summed E-state index contributed by atoms with van der Waals surface area (Å²) in [6.45, 7) is 1.75. The van der Waals surface area contributed by atoms with E-state index in [1.807, 2.05) is 0 Å². The van der Waals surface area contributed by atoms with Crippen LogP contribution in [0.15, 0.2) is 47.4 Å². The summed E-state index contributed by atoms with van der Waals surface area (Å²) in [5.41, 5.74) is 0.800. The van der Waals surface area contributed by atoms with Crippen molar-refractivity contribution in [2.24, 2.45) is 0 Å². The molecule has 1 fully saturated rings. The zero-order chi connectivity index (χ0) is 20.5. The van der Waals surface area contributed by atoms with Gasteiger partial charge >= 0.3 is 0 Å². The molecule has 0 aromatic heterocycles. The highest BCUT2D eigenvalue weighted by Crippen LogP contribution is 2.40. The number of aryl methyl sites for hydroxylation is 1. The van der Waals surface area contributed by atoms with Gasteiger partial charge in [-0.1, -0.05) is 23.7 Å². The van der Waals surface area contributed by atoms with Crippen LogP contribution in [0.2, 0.25) is 5.02 Å². The number of hydrogen-bond donors (Lipinski definition) is 1. The Labute approximate surface area is 167 Å². The van der Waals surface area contributed by atoms with Crippen LogP contribution in [-0.2, 0) is 9.84 Å². The maximum absolute atomic E-state index is 15.3. The molecule has 1 aliphatic rings. The predicted molar refractivity (Wildman–Crippen MR) is 103 cm³/mol. The number of nitrogens with one attached hydrogen (secondary N) is 1. The molecule has 0 unspecified atom stereocenters. The molecule has 0 aliphatic heterocycles. The fourth-order valence-electron chi connectivity index (χ4n) is 3.41. The second-order valence-corrected chi connectivity index (χ2v) is 9.76. The third-order valence-corrected chi connectivity index (χ3v) is 7.44. The van der Waals surface area contributed by atoms with E-state index in [1.54, 1.807) is 19.1 Å². The van der Waals surface area contributed by atoms with Crippen molar-refractivity contribution < 1.29 is 22.0 Å². The van der Waals surface area contributed by atoms with E-state index in [4.69, 9.17) is 11.6 Å². The number of benzene rings is 2. The molecule has 1 N–H and O–H groups in total. The summed E-state index contributed by atoms with van der Waals surface area (Å²) in [5, 5.41) is 0.429. The highest BCUT2D eigenvalue weighted by atomic mass is 35.5. The largest absolute Gasteiger partial charge is 0.349 e. The molecule has 1 amide bonds. The molecule has 1 saturated carbocycles.